The van der Waals surface area contributed by atoms with Crippen molar-refractivity contribution in [2.45, 2.75) is 140 Å². The van der Waals surface area contributed by atoms with Crippen molar-refractivity contribution in [3.8, 4) is 23.0 Å². The first-order chi connectivity index (χ1) is 34.2. The van der Waals surface area contributed by atoms with Crippen LogP contribution in [0, 0.1) is 0 Å². The summed E-state index contributed by atoms with van der Waals surface area (Å²) in [5.41, 5.74) is 4.04. The fourth-order valence-corrected chi connectivity index (χ4v) is 10.8. The van der Waals surface area contributed by atoms with Gasteiger partial charge in [0.05, 0.1) is 21.9 Å². The molecule has 6 aromatic rings. The van der Waals surface area contributed by atoms with Crippen molar-refractivity contribution >= 4 is 38.8 Å². The molecule has 0 saturated heterocycles. The van der Waals surface area contributed by atoms with E-state index in [2.05, 4.69) is 59.1 Å². The number of Topliss-reactive ketones (excluding diaryl/α,β-unsaturated/α-hetero) is 3. The number of nitrogens with one attached hydrogen (secondary N) is 2. The monoisotopic (exact) mass is 990 g/mol. The molecule has 11 heteroatoms. The van der Waals surface area contributed by atoms with E-state index < -0.39 is 15.3 Å². The molecule has 378 valence electrons. The molecule has 0 aliphatic carbocycles. The third-order valence-corrected chi connectivity index (χ3v) is 15.8. The lowest BCUT2D eigenvalue weighted by Gasteiger charge is -2.31. The van der Waals surface area contributed by atoms with Crippen LogP contribution in [-0.4, -0.2) is 43.8 Å². The second kappa shape index (κ2) is 23.1. The van der Waals surface area contributed by atoms with E-state index in [0.717, 1.165) is 61.6 Å². The van der Waals surface area contributed by atoms with Crippen LogP contribution in [0.4, 0.5) is 5.69 Å². The Morgan fingerprint density at radius 3 is 1.39 bits per heavy atom. The summed E-state index contributed by atoms with van der Waals surface area (Å²) in [4.78, 5) is 52.8. The van der Waals surface area contributed by atoms with Gasteiger partial charge in [-0.15, -0.1) is 0 Å². The van der Waals surface area contributed by atoms with Gasteiger partial charge in [-0.1, -0.05) is 104 Å². The third kappa shape index (κ3) is 12.8. The van der Waals surface area contributed by atoms with E-state index in [0.29, 0.717) is 34.2 Å². The Hall–Kier alpha value is -6.85. The van der Waals surface area contributed by atoms with E-state index in [1.807, 2.05) is 67.6 Å². The molecule has 72 heavy (non-hydrogen) atoms. The maximum absolute atomic E-state index is 13.6. The fraction of sp³-hybridized carbons (Fsp3) is 0.344. The molecule has 0 aromatic heterocycles. The predicted octanol–water partition coefficient (Wildman–Crippen LogP) is 14.7. The predicted molar refractivity (Wildman–Crippen MR) is 287 cm³/mol. The Bertz CT molecular complexity index is 2990. The van der Waals surface area contributed by atoms with Crippen LogP contribution < -0.4 is 20.1 Å². The minimum atomic E-state index is -3.76. The zero-order valence-electron chi connectivity index (χ0n) is 43.5. The van der Waals surface area contributed by atoms with Gasteiger partial charge in [0, 0.05) is 33.3 Å². The van der Waals surface area contributed by atoms with E-state index in [9.17, 15) is 27.6 Å². The molecule has 0 heterocycles. The van der Waals surface area contributed by atoms with Gasteiger partial charge in [-0.2, -0.15) is 0 Å². The van der Waals surface area contributed by atoms with E-state index in [-0.39, 0.29) is 67.2 Å². The molecular formula is C61H70N2O8S. The zero-order valence-corrected chi connectivity index (χ0v) is 44.3. The largest absolute Gasteiger partial charge is 0.457 e. The lowest BCUT2D eigenvalue weighted by atomic mass is 9.77. The number of hydrogen-bond acceptors (Lipinski definition) is 9. The molecule has 1 unspecified atom stereocenters. The second-order valence-corrected chi connectivity index (χ2v) is 21.9. The quantitative estimate of drug-likeness (QED) is 0.0566. The Labute approximate surface area is 426 Å². The maximum Gasteiger partial charge on any atom is 0.252 e. The molecule has 0 saturated carbocycles. The summed E-state index contributed by atoms with van der Waals surface area (Å²) in [6.07, 6.45) is 6.52. The minimum absolute atomic E-state index is 0.0110. The van der Waals surface area contributed by atoms with E-state index in [1.165, 1.54) is 26.0 Å². The molecule has 10 nitrogen and oxygen atoms in total. The average Bonchev–Trinajstić information content (AvgIpc) is 3.36. The third-order valence-electron chi connectivity index (χ3n) is 14.0. The molecule has 2 N–H and O–H groups in total. The molecule has 6 rings (SSSR count). The van der Waals surface area contributed by atoms with Crippen LogP contribution in [0.25, 0.3) is 0 Å². The molecule has 0 radical (unpaired) electrons. The Morgan fingerprint density at radius 1 is 0.500 bits per heavy atom. The van der Waals surface area contributed by atoms with Crippen LogP contribution in [0.2, 0.25) is 0 Å². The lowest BCUT2D eigenvalue weighted by molar-refractivity contribution is 0.0885. The van der Waals surface area contributed by atoms with Gasteiger partial charge in [-0.3, -0.25) is 19.2 Å². The number of ether oxygens (including phenoxy) is 2. The summed E-state index contributed by atoms with van der Waals surface area (Å²) in [6, 6.07) is 38.7. The normalized spacial score (nSPS) is 12.6. The summed E-state index contributed by atoms with van der Waals surface area (Å²) in [6.45, 7) is 19.7. The minimum Gasteiger partial charge on any atom is -0.457 e. The number of rotatable bonds is 24. The summed E-state index contributed by atoms with van der Waals surface area (Å²) in [5.74, 6) is 0.878. The summed E-state index contributed by atoms with van der Waals surface area (Å²) in [5, 5.41) is 6.27. The number of hydrogen-bond donors (Lipinski definition) is 2. The highest BCUT2D eigenvalue weighted by molar-refractivity contribution is 7.91. The second-order valence-electron chi connectivity index (χ2n) is 19.9. The molecule has 1 atom stereocenters. The van der Waals surface area contributed by atoms with Crippen LogP contribution in [0.15, 0.2) is 143 Å². The van der Waals surface area contributed by atoms with Crippen molar-refractivity contribution in [3.05, 3.63) is 172 Å². The topological polar surface area (TPSA) is 145 Å². The Balaban J connectivity index is 1.07. The maximum atomic E-state index is 13.6. The SMILES string of the molecule is CCCC(C)(CCC)NC(=O)c1cc(Oc2ccc(C(C)(C)c3ccc(Oc4ccc(C(=O)CNc5ccc(S(=O)(=O)c6ccc(C(C)(CC)CCC)cc6)cc5)c(C(C)=O)c4)cc3)cc2)ccc1C(C)=O. The average molecular weight is 991 g/mol. The molecule has 1 amide bonds. The standard InChI is InChI=1S/C61H70N2O8S/c1-11-35-60(9,14-4)45-19-29-51(30-20-45)72(68,69)52-31-21-46(22-32-52)62-40-57(66)54-34-28-49(38-55(54)42(6)65)70-47-23-15-43(16-24-47)59(7,8)44-17-25-48(26-18-44)71-50-27-33-53(41(5)64)56(39-50)58(67)63-61(10,36-12-2)37-13-3/h15-34,38-39,62H,11-14,35-37,40H2,1-10H3,(H,63,67). The van der Waals surface area contributed by atoms with Gasteiger partial charge in [-0.25, -0.2) is 8.42 Å². The van der Waals surface area contributed by atoms with Crippen LogP contribution >= 0.6 is 0 Å². The van der Waals surface area contributed by atoms with E-state index in [4.69, 9.17) is 9.47 Å². The number of sulfone groups is 1. The van der Waals surface area contributed by atoms with E-state index >= 15 is 0 Å². The smallest absolute Gasteiger partial charge is 0.252 e. The van der Waals surface area contributed by atoms with Crippen molar-refractivity contribution in [1.82, 2.24) is 5.32 Å². The molecule has 0 bridgehead atoms. The first-order valence-electron chi connectivity index (χ1n) is 25.1. The van der Waals surface area contributed by atoms with E-state index in [1.54, 1.807) is 60.7 Å². The highest BCUT2D eigenvalue weighted by Gasteiger charge is 2.29. The zero-order chi connectivity index (χ0) is 52.4. The van der Waals surface area contributed by atoms with Crippen molar-refractivity contribution in [1.29, 1.82) is 0 Å². The molecule has 6 aromatic carbocycles. The van der Waals surface area contributed by atoms with Gasteiger partial charge in [-0.05, 0) is 166 Å². The van der Waals surface area contributed by atoms with Crippen LogP contribution in [0.1, 0.15) is 172 Å². The van der Waals surface area contributed by atoms with Crippen LogP contribution in [0.3, 0.4) is 0 Å². The summed E-state index contributed by atoms with van der Waals surface area (Å²) in [7, 11) is -3.76. The van der Waals surface area contributed by atoms with Crippen LogP contribution in [-0.2, 0) is 20.7 Å². The molecule has 0 fully saturated rings. The molecule has 0 aliphatic heterocycles. The molecule has 0 spiro atoms. The molecular weight excluding hydrogens is 921 g/mol. The van der Waals surface area contributed by atoms with Crippen molar-refractivity contribution in [2.75, 3.05) is 11.9 Å². The lowest BCUT2D eigenvalue weighted by Crippen LogP contribution is -2.46. The number of ketones is 3. The highest BCUT2D eigenvalue weighted by atomic mass is 32.2. The van der Waals surface area contributed by atoms with Gasteiger partial charge in [0.15, 0.2) is 17.3 Å². The summed E-state index contributed by atoms with van der Waals surface area (Å²) < 4.78 is 39.4. The number of carbonyl (C=O) groups excluding carboxylic acids is 4. The number of carbonyl (C=O) groups is 4. The first-order valence-corrected chi connectivity index (χ1v) is 26.6. The number of benzene rings is 6. The number of anilines is 1. The Kier molecular flexibility index (Phi) is 17.5. The van der Waals surface area contributed by atoms with Crippen molar-refractivity contribution < 1.29 is 37.1 Å². The highest BCUT2D eigenvalue weighted by Crippen LogP contribution is 2.37. The Morgan fingerprint density at radius 2 is 0.931 bits per heavy atom. The first kappa shape index (κ1) is 54.5. The molecule has 0 aliphatic rings. The van der Waals surface area contributed by atoms with Crippen molar-refractivity contribution in [2.24, 2.45) is 0 Å². The van der Waals surface area contributed by atoms with Gasteiger partial charge < -0.3 is 20.1 Å². The summed E-state index contributed by atoms with van der Waals surface area (Å²) >= 11 is 0. The van der Waals surface area contributed by atoms with Gasteiger partial charge in [0.2, 0.25) is 9.84 Å². The van der Waals surface area contributed by atoms with Crippen LogP contribution in [0.5, 0.6) is 23.0 Å². The van der Waals surface area contributed by atoms with Gasteiger partial charge in [0.1, 0.15) is 23.0 Å². The number of amides is 1. The van der Waals surface area contributed by atoms with Crippen molar-refractivity contribution in [3.63, 3.8) is 0 Å². The fourth-order valence-electron chi connectivity index (χ4n) is 9.50. The van der Waals surface area contributed by atoms with Gasteiger partial charge in [0.25, 0.3) is 5.91 Å². The van der Waals surface area contributed by atoms with Gasteiger partial charge >= 0.3 is 0 Å².